The molecule has 0 aliphatic rings. The Labute approximate surface area is 158 Å². The molecule has 0 saturated heterocycles. The van der Waals surface area contributed by atoms with E-state index in [2.05, 4.69) is 0 Å². The van der Waals surface area contributed by atoms with Gasteiger partial charge in [-0.05, 0) is 25.0 Å². The highest BCUT2D eigenvalue weighted by molar-refractivity contribution is 6.18. The average Bonchev–Trinajstić information content (AvgIpc) is 2.60. The van der Waals surface area contributed by atoms with Crippen LogP contribution in [0.25, 0.3) is 0 Å². The number of aromatic carboxylic acids is 2. The molecule has 0 atom stereocenters. The summed E-state index contributed by atoms with van der Waals surface area (Å²) in [5.74, 6) is -5.36. The number of alkyl halides is 2. The fourth-order valence-electron chi connectivity index (χ4n) is 1.87. The Morgan fingerprint density at radius 3 is 1.35 bits per heavy atom. The van der Waals surface area contributed by atoms with Crippen molar-refractivity contribution in [1.29, 1.82) is 0 Å². The lowest BCUT2D eigenvalue weighted by Gasteiger charge is -2.16. The lowest BCUT2D eigenvalue weighted by Crippen LogP contribution is -2.31. The molecule has 0 unspecified atom stereocenters. The number of carboxylic acid groups (broad SMARTS) is 2. The van der Waals surface area contributed by atoms with Crippen molar-refractivity contribution in [3.8, 4) is 0 Å². The fourth-order valence-corrected chi connectivity index (χ4v) is 2.09. The molecule has 0 aliphatic heterocycles. The summed E-state index contributed by atoms with van der Waals surface area (Å²) in [7, 11) is 0. The average molecular weight is 405 g/mol. The van der Waals surface area contributed by atoms with Gasteiger partial charge in [0.05, 0.1) is 36.3 Å². The Morgan fingerprint density at radius 1 is 0.731 bits per heavy atom. The zero-order valence-electron chi connectivity index (χ0n) is 13.4. The standard InChI is InChI=1S/C16H16Cl2O8/c17-3-1-5-25-15(23)11-7-9(13(19)20)10(14(21)22)8-12(11)16(24)26-6-2-4-18/h7-8H,1-6H2,(H,19,20)(H,21,22)/p-2. The third-order valence-corrected chi connectivity index (χ3v) is 3.59. The van der Waals surface area contributed by atoms with E-state index in [1.165, 1.54) is 0 Å². The van der Waals surface area contributed by atoms with Gasteiger partial charge in [0.1, 0.15) is 0 Å². The van der Waals surface area contributed by atoms with E-state index >= 15 is 0 Å². The maximum Gasteiger partial charge on any atom is 0.339 e. The molecule has 8 nitrogen and oxygen atoms in total. The Kier molecular flexibility index (Phi) is 8.87. The van der Waals surface area contributed by atoms with E-state index in [9.17, 15) is 29.4 Å². The number of hydrogen-bond acceptors (Lipinski definition) is 8. The summed E-state index contributed by atoms with van der Waals surface area (Å²) in [6.45, 7) is -0.155. The second-order valence-electron chi connectivity index (χ2n) is 4.88. The molecule has 0 bridgehead atoms. The molecule has 0 spiro atoms. The first-order valence-electron chi connectivity index (χ1n) is 7.40. The summed E-state index contributed by atoms with van der Waals surface area (Å²) in [5, 5.41) is 22.3. The second-order valence-corrected chi connectivity index (χ2v) is 5.63. The van der Waals surface area contributed by atoms with Crippen molar-refractivity contribution in [3.05, 3.63) is 34.4 Å². The van der Waals surface area contributed by atoms with Gasteiger partial charge in [0.15, 0.2) is 0 Å². The predicted molar refractivity (Wildman–Crippen MR) is 86.3 cm³/mol. The van der Waals surface area contributed by atoms with Crippen molar-refractivity contribution in [3.63, 3.8) is 0 Å². The number of halogens is 2. The number of esters is 2. The quantitative estimate of drug-likeness (QED) is 0.301. The van der Waals surface area contributed by atoms with E-state index in [1.54, 1.807) is 0 Å². The van der Waals surface area contributed by atoms with Crippen LogP contribution in [-0.4, -0.2) is 48.9 Å². The molecule has 0 fully saturated rings. The van der Waals surface area contributed by atoms with Crippen LogP contribution in [0.15, 0.2) is 12.1 Å². The lowest BCUT2D eigenvalue weighted by atomic mass is 9.98. The monoisotopic (exact) mass is 404 g/mol. The summed E-state index contributed by atoms with van der Waals surface area (Å²) < 4.78 is 9.78. The molecule has 1 aromatic carbocycles. The van der Waals surface area contributed by atoms with E-state index < -0.39 is 46.1 Å². The molecule has 1 aromatic rings. The molecule has 142 valence electrons. The van der Waals surface area contributed by atoms with Gasteiger partial charge < -0.3 is 29.3 Å². The second kappa shape index (κ2) is 10.6. The highest BCUT2D eigenvalue weighted by atomic mass is 35.5. The topological polar surface area (TPSA) is 133 Å². The van der Waals surface area contributed by atoms with E-state index in [-0.39, 0.29) is 25.0 Å². The van der Waals surface area contributed by atoms with E-state index in [1.807, 2.05) is 0 Å². The first-order valence-corrected chi connectivity index (χ1v) is 8.47. The van der Waals surface area contributed by atoms with E-state index in [0.717, 1.165) is 0 Å². The van der Waals surface area contributed by atoms with Crippen LogP contribution in [0.5, 0.6) is 0 Å². The van der Waals surface area contributed by atoms with Crippen molar-refractivity contribution in [2.75, 3.05) is 25.0 Å². The minimum atomic E-state index is -1.86. The first kappa shape index (κ1) is 21.7. The normalized spacial score (nSPS) is 10.2. The lowest BCUT2D eigenvalue weighted by molar-refractivity contribution is -0.259. The molecular formula is C16H14Cl2O8-2. The smallest absolute Gasteiger partial charge is 0.339 e. The minimum absolute atomic E-state index is 0.0774. The Hall–Kier alpha value is -2.32. The van der Waals surface area contributed by atoms with Crippen LogP contribution >= 0.6 is 23.2 Å². The summed E-state index contributed by atoms with van der Waals surface area (Å²) in [6, 6.07) is 1.36. The molecule has 10 heteroatoms. The third-order valence-electron chi connectivity index (χ3n) is 3.06. The number of ether oxygens (including phenoxy) is 2. The highest BCUT2D eigenvalue weighted by Crippen LogP contribution is 2.20. The van der Waals surface area contributed by atoms with Crippen LogP contribution in [0, 0.1) is 0 Å². The van der Waals surface area contributed by atoms with Crippen LogP contribution in [0.1, 0.15) is 54.3 Å². The molecule has 0 radical (unpaired) electrons. The summed E-state index contributed by atoms with van der Waals surface area (Å²) in [4.78, 5) is 46.6. The van der Waals surface area contributed by atoms with Crippen molar-refractivity contribution in [1.82, 2.24) is 0 Å². The number of rotatable bonds is 10. The first-order chi connectivity index (χ1) is 12.3. The van der Waals surface area contributed by atoms with Gasteiger partial charge in [-0.15, -0.1) is 23.2 Å². The van der Waals surface area contributed by atoms with Gasteiger partial charge in [-0.1, -0.05) is 0 Å². The molecule has 0 aromatic heterocycles. The van der Waals surface area contributed by atoms with Crippen LogP contribution in [0.4, 0.5) is 0 Å². The van der Waals surface area contributed by atoms with Crippen LogP contribution in [0.3, 0.4) is 0 Å². The Balaban J connectivity index is 3.34. The van der Waals surface area contributed by atoms with Crippen LogP contribution < -0.4 is 10.2 Å². The number of carbonyl (C=O) groups is 4. The number of carboxylic acids is 2. The van der Waals surface area contributed by atoms with Gasteiger partial charge >= 0.3 is 11.9 Å². The molecule has 0 heterocycles. The molecule has 1 rings (SSSR count). The number of benzene rings is 1. The predicted octanol–water partition coefficient (Wildman–Crippen LogP) is -0.0150. The summed E-state index contributed by atoms with van der Waals surface area (Å²) in [6.07, 6.45) is 0.653. The maximum atomic E-state index is 12.2. The Bertz CT molecular complexity index is 643. The largest absolute Gasteiger partial charge is 0.545 e. The molecule has 0 aliphatic carbocycles. The van der Waals surface area contributed by atoms with Gasteiger partial charge in [0, 0.05) is 22.9 Å². The zero-order valence-corrected chi connectivity index (χ0v) is 14.9. The van der Waals surface area contributed by atoms with Gasteiger partial charge in [-0.25, -0.2) is 9.59 Å². The van der Waals surface area contributed by atoms with Gasteiger partial charge in [0.2, 0.25) is 0 Å². The van der Waals surface area contributed by atoms with E-state index in [0.29, 0.717) is 25.0 Å². The van der Waals surface area contributed by atoms with Crippen molar-refractivity contribution in [2.45, 2.75) is 12.8 Å². The zero-order chi connectivity index (χ0) is 19.7. The molecule has 0 amide bonds. The molecule has 0 saturated carbocycles. The van der Waals surface area contributed by atoms with Crippen LogP contribution in [0.2, 0.25) is 0 Å². The van der Waals surface area contributed by atoms with Crippen molar-refractivity contribution < 1.29 is 38.9 Å². The van der Waals surface area contributed by atoms with E-state index in [4.69, 9.17) is 32.7 Å². The van der Waals surface area contributed by atoms with Gasteiger partial charge in [-0.2, -0.15) is 0 Å². The maximum absolute atomic E-state index is 12.2. The highest BCUT2D eigenvalue weighted by Gasteiger charge is 2.23. The summed E-state index contributed by atoms with van der Waals surface area (Å²) in [5.41, 5.74) is -2.60. The van der Waals surface area contributed by atoms with Crippen molar-refractivity contribution >= 4 is 47.1 Å². The molecule has 26 heavy (non-hydrogen) atoms. The number of carbonyl (C=O) groups excluding carboxylic acids is 4. The summed E-state index contributed by atoms with van der Waals surface area (Å²) >= 11 is 10.9. The molecular weight excluding hydrogens is 391 g/mol. The van der Waals surface area contributed by atoms with Crippen LogP contribution in [-0.2, 0) is 9.47 Å². The van der Waals surface area contributed by atoms with Gasteiger partial charge in [-0.3, -0.25) is 0 Å². The Morgan fingerprint density at radius 2 is 1.08 bits per heavy atom. The third kappa shape index (κ3) is 5.89. The minimum Gasteiger partial charge on any atom is -0.545 e. The van der Waals surface area contributed by atoms with Crippen molar-refractivity contribution in [2.24, 2.45) is 0 Å². The number of hydrogen-bond donors (Lipinski definition) is 0. The fraction of sp³-hybridized carbons (Fsp3) is 0.375. The van der Waals surface area contributed by atoms with Gasteiger partial charge in [0.25, 0.3) is 0 Å². The molecule has 0 N–H and O–H groups in total. The SMILES string of the molecule is O=C([O-])c1cc(C(=O)OCCCCl)c(C(=O)OCCCCl)cc1C(=O)[O-].